The third-order valence-electron chi connectivity index (χ3n) is 2.20. The van der Waals surface area contributed by atoms with Crippen molar-refractivity contribution < 1.29 is 0 Å². The highest BCUT2D eigenvalue weighted by atomic mass is 32.2. The fraction of sp³-hybridized carbons (Fsp3) is 0.333. The smallest absolute Gasteiger partial charge is 0.131 e. The van der Waals surface area contributed by atoms with Crippen molar-refractivity contribution in [3.63, 3.8) is 0 Å². The van der Waals surface area contributed by atoms with E-state index in [1.807, 2.05) is 18.2 Å². The van der Waals surface area contributed by atoms with Crippen molar-refractivity contribution in [1.82, 2.24) is 5.32 Å². The molecule has 0 amide bonds. The van der Waals surface area contributed by atoms with Crippen LogP contribution in [-0.4, -0.2) is 16.4 Å². The molecule has 0 saturated carbocycles. The normalized spacial score (nSPS) is 14.9. The van der Waals surface area contributed by atoms with Gasteiger partial charge in [-0.15, -0.1) is 11.8 Å². The lowest BCUT2D eigenvalue weighted by Gasteiger charge is -2.17. The molecule has 16 heavy (non-hydrogen) atoms. The lowest BCUT2D eigenvalue weighted by Crippen LogP contribution is -2.20. The minimum Gasteiger partial charge on any atom is -0.325 e. The molecule has 3 nitrogen and oxygen atoms in total. The van der Waals surface area contributed by atoms with Gasteiger partial charge in [-0.05, 0) is 18.2 Å². The van der Waals surface area contributed by atoms with E-state index in [-0.39, 0.29) is 4.75 Å². The quantitative estimate of drug-likeness (QED) is 0.653. The van der Waals surface area contributed by atoms with E-state index in [4.69, 9.17) is 10.8 Å². The Morgan fingerprint density at radius 2 is 1.69 bits per heavy atom. The summed E-state index contributed by atoms with van der Waals surface area (Å²) in [5.41, 5.74) is 1.66. The van der Waals surface area contributed by atoms with Crippen LogP contribution in [0.3, 0.4) is 0 Å². The first-order valence-corrected chi connectivity index (χ1v) is 5.96. The summed E-state index contributed by atoms with van der Waals surface area (Å²) in [7, 11) is 0. The van der Waals surface area contributed by atoms with Crippen molar-refractivity contribution in [2.24, 2.45) is 0 Å². The third kappa shape index (κ3) is 2.11. The number of fused-ring (bicyclic) bond motifs is 1. The average molecular weight is 233 g/mol. The molecule has 0 aliphatic carbocycles. The highest BCUT2D eigenvalue weighted by molar-refractivity contribution is 8.00. The molecule has 0 aromatic heterocycles. The minimum absolute atomic E-state index is 0.163. The molecule has 1 aromatic carbocycles. The molecule has 0 saturated heterocycles. The first kappa shape index (κ1) is 11.2. The second kappa shape index (κ2) is 3.63. The maximum absolute atomic E-state index is 7.73. The van der Waals surface area contributed by atoms with Crippen molar-refractivity contribution >= 4 is 23.4 Å². The Morgan fingerprint density at radius 1 is 1.06 bits per heavy atom. The van der Waals surface area contributed by atoms with Gasteiger partial charge in [0.05, 0.1) is 0 Å². The Labute approximate surface area is 99.7 Å². The molecule has 0 radical (unpaired) electrons. The highest BCUT2D eigenvalue weighted by Gasteiger charge is 2.22. The molecule has 1 aliphatic rings. The zero-order valence-corrected chi connectivity index (χ0v) is 10.5. The fourth-order valence-corrected chi connectivity index (χ4v) is 2.64. The molecule has 0 atom stereocenters. The molecule has 4 heteroatoms. The van der Waals surface area contributed by atoms with Crippen LogP contribution in [0.1, 0.15) is 31.9 Å². The van der Waals surface area contributed by atoms with E-state index < -0.39 is 0 Å². The number of nitrogens with one attached hydrogen (secondary N) is 3. The summed E-state index contributed by atoms with van der Waals surface area (Å²) >= 11 is 1.78. The summed E-state index contributed by atoms with van der Waals surface area (Å²) in [5.74, 6) is 0.656. The minimum atomic E-state index is 0.163. The molecule has 0 unspecified atom stereocenters. The maximum Gasteiger partial charge on any atom is 0.131 e. The van der Waals surface area contributed by atoms with Gasteiger partial charge in [0.25, 0.3) is 0 Å². The molecule has 0 fully saturated rings. The SMILES string of the molecule is CC(C)(C)Sc1ccc2c(c1)C(=N)NC2=N. The molecule has 0 spiro atoms. The van der Waals surface area contributed by atoms with Crippen LogP contribution in [0.5, 0.6) is 0 Å². The topological polar surface area (TPSA) is 59.7 Å². The van der Waals surface area contributed by atoms with E-state index >= 15 is 0 Å². The van der Waals surface area contributed by atoms with Gasteiger partial charge >= 0.3 is 0 Å². The van der Waals surface area contributed by atoms with Crippen molar-refractivity contribution in [1.29, 1.82) is 10.8 Å². The summed E-state index contributed by atoms with van der Waals surface area (Å²) in [6.45, 7) is 6.49. The van der Waals surface area contributed by atoms with Crippen molar-refractivity contribution in [3.05, 3.63) is 29.3 Å². The summed E-state index contributed by atoms with van der Waals surface area (Å²) in [4.78, 5) is 1.15. The number of hydrogen-bond donors (Lipinski definition) is 3. The second-order valence-electron chi connectivity index (χ2n) is 4.80. The second-order valence-corrected chi connectivity index (χ2v) is 6.70. The molecule has 1 heterocycles. The van der Waals surface area contributed by atoms with Crippen LogP contribution >= 0.6 is 11.8 Å². The van der Waals surface area contributed by atoms with Crippen molar-refractivity contribution in [2.75, 3.05) is 0 Å². The molecule has 1 aliphatic heterocycles. The van der Waals surface area contributed by atoms with Crippen LogP contribution in [0.4, 0.5) is 0 Å². The molecular weight excluding hydrogens is 218 g/mol. The standard InChI is InChI=1S/C12H15N3S/c1-12(2,3)16-7-4-5-8-9(6-7)11(14)15-10(8)13/h4-6H,1-3H3,(H3,13,14,15). The van der Waals surface area contributed by atoms with Crippen LogP contribution < -0.4 is 5.32 Å². The van der Waals surface area contributed by atoms with Gasteiger partial charge < -0.3 is 5.32 Å². The van der Waals surface area contributed by atoms with Crippen LogP contribution in [0.15, 0.2) is 23.1 Å². The first-order chi connectivity index (χ1) is 7.37. The number of hydrogen-bond acceptors (Lipinski definition) is 3. The first-order valence-electron chi connectivity index (χ1n) is 5.15. The van der Waals surface area contributed by atoms with Gasteiger partial charge in [0.15, 0.2) is 0 Å². The van der Waals surface area contributed by atoms with Crippen molar-refractivity contribution in [3.8, 4) is 0 Å². The van der Waals surface area contributed by atoms with E-state index in [0.29, 0.717) is 11.7 Å². The van der Waals surface area contributed by atoms with Crippen LogP contribution in [0, 0.1) is 10.8 Å². The highest BCUT2D eigenvalue weighted by Crippen LogP contribution is 2.33. The Bertz CT molecular complexity index is 472. The van der Waals surface area contributed by atoms with E-state index in [9.17, 15) is 0 Å². The molecule has 3 N–H and O–H groups in total. The van der Waals surface area contributed by atoms with E-state index in [2.05, 4.69) is 26.1 Å². The lowest BCUT2D eigenvalue weighted by atomic mass is 10.1. The van der Waals surface area contributed by atoms with Gasteiger partial charge in [0.2, 0.25) is 0 Å². The van der Waals surface area contributed by atoms with Crippen LogP contribution in [0.2, 0.25) is 0 Å². The molecule has 1 aromatic rings. The number of thioether (sulfide) groups is 1. The van der Waals surface area contributed by atoms with E-state index in [1.54, 1.807) is 11.8 Å². The zero-order chi connectivity index (χ0) is 11.9. The Balaban J connectivity index is 2.37. The molecule has 2 rings (SSSR count). The third-order valence-corrected chi connectivity index (χ3v) is 3.31. The fourth-order valence-electron chi connectivity index (χ4n) is 1.62. The summed E-state index contributed by atoms with van der Waals surface area (Å²) in [6.07, 6.45) is 0. The lowest BCUT2D eigenvalue weighted by molar-refractivity contribution is 0.803. The zero-order valence-electron chi connectivity index (χ0n) is 9.64. The molecule has 0 bridgehead atoms. The number of rotatable bonds is 1. The largest absolute Gasteiger partial charge is 0.325 e. The Kier molecular flexibility index (Phi) is 2.54. The predicted octanol–water partition coefficient (Wildman–Crippen LogP) is 2.83. The van der Waals surface area contributed by atoms with Gasteiger partial charge in [-0.3, -0.25) is 10.8 Å². The summed E-state index contributed by atoms with van der Waals surface area (Å²) in [6, 6.07) is 5.92. The predicted molar refractivity (Wildman–Crippen MR) is 68.8 cm³/mol. The summed E-state index contributed by atoms with van der Waals surface area (Å²) < 4.78 is 0.163. The van der Waals surface area contributed by atoms with Gasteiger partial charge in [-0.25, -0.2) is 0 Å². The maximum atomic E-state index is 7.73. The van der Waals surface area contributed by atoms with Crippen molar-refractivity contribution in [2.45, 2.75) is 30.4 Å². The Morgan fingerprint density at radius 3 is 2.31 bits per heavy atom. The summed E-state index contributed by atoms with van der Waals surface area (Å²) in [5, 5.41) is 18.1. The Hall–Kier alpha value is -1.29. The molecular formula is C12H15N3S. The number of amidine groups is 2. The van der Waals surface area contributed by atoms with E-state index in [0.717, 1.165) is 16.0 Å². The average Bonchev–Trinajstić information content (AvgIpc) is 2.40. The van der Waals surface area contributed by atoms with Crippen LogP contribution in [0.25, 0.3) is 0 Å². The number of benzene rings is 1. The van der Waals surface area contributed by atoms with Gasteiger partial charge in [-0.2, -0.15) is 0 Å². The van der Waals surface area contributed by atoms with Crippen LogP contribution in [-0.2, 0) is 0 Å². The van der Waals surface area contributed by atoms with Gasteiger partial charge in [-0.1, -0.05) is 20.8 Å². The monoisotopic (exact) mass is 233 g/mol. The van der Waals surface area contributed by atoms with E-state index in [1.165, 1.54) is 0 Å². The van der Waals surface area contributed by atoms with Gasteiger partial charge in [0, 0.05) is 20.8 Å². The molecule has 84 valence electrons. The van der Waals surface area contributed by atoms with Gasteiger partial charge in [0.1, 0.15) is 11.7 Å².